The van der Waals surface area contributed by atoms with Gasteiger partial charge >= 0.3 is 5.97 Å². The summed E-state index contributed by atoms with van der Waals surface area (Å²) in [4.78, 5) is 22.1. The summed E-state index contributed by atoms with van der Waals surface area (Å²) < 4.78 is 4.69. The lowest BCUT2D eigenvalue weighted by atomic mass is 10.0. The number of methoxy groups -OCH3 is 1. The topological polar surface area (TPSA) is 43.4 Å². The van der Waals surface area contributed by atoms with Crippen LogP contribution >= 0.6 is 0 Å². The third kappa shape index (κ3) is 1.67. The molecule has 0 atom stereocenters. The number of hydrogen-bond donors (Lipinski definition) is 0. The Labute approximate surface area is 92.6 Å². The molecule has 0 saturated carbocycles. The molecule has 2 aromatic rings. The van der Waals surface area contributed by atoms with Crippen LogP contribution in [0.15, 0.2) is 36.4 Å². The van der Waals surface area contributed by atoms with Crippen molar-refractivity contribution >= 4 is 23.0 Å². The average Bonchev–Trinajstić information content (AvgIpc) is 2.36. The van der Waals surface area contributed by atoms with Crippen LogP contribution in [0.4, 0.5) is 0 Å². The number of aldehydes is 1. The Morgan fingerprint density at radius 2 is 2.06 bits per heavy atom. The van der Waals surface area contributed by atoms with Crippen molar-refractivity contribution in [1.29, 1.82) is 0 Å². The summed E-state index contributed by atoms with van der Waals surface area (Å²) in [5.41, 5.74) is 1.10. The molecule has 0 saturated heterocycles. The van der Waals surface area contributed by atoms with Gasteiger partial charge in [0.25, 0.3) is 0 Å². The molecule has 0 aliphatic heterocycles. The van der Waals surface area contributed by atoms with Crippen LogP contribution in [0.3, 0.4) is 0 Å². The molecule has 0 heterocycles. The Morgan fingerprint density at radius 1 is 1.25 bits per heavy atom. The molecule has 0 unspecified atom stereocenters. The largest absolute Gasteiger partial charge is 0.465 e. The molecule has 0 fully saturated rings. The predicted octanol–water partition coefficient (Wildman–Crippen LogP) is 2.44. The lowest BCUT2D eigenvalue weighted by Gasteiger charge is -2.04. The lowest BCUT2D eigenvalue weighted by Crippen LogP contribution is -2.01. The van der Waals surface area contributed by atoms with E-state index in [4.69, 9.17) is 4.74 Å². The van der Waals surface area contributed by atoms with Gasteiger partial charge in [-0.3, -0.25) is 4.79 Å². The van der Waals surface area contributed by atoms with Gasteiger partial charge in [-0.05, 0) is 22.9 Å². The Bertz CT molecular complexity index is 558. The van der Waals surface area contributed by atoms with Crippen molar-refractivity contribution < 1.29 is 14.3 Å². The molecule has 0 radical (unpaired) electrons. The molecule has 0 aliphatic rings. The fourth-order valence-corrected chi connectivity index (χ4v) is 1.66. The SMILES string of the molecule is COC(=O)c1cccc2cc(C=O)ccc12. The van der Waals surface area contributed by atoms with Crippen molar-refractivity contribution in [2.45, 2.75) is 0 Å². The number of esters is 1. The number of fused-ring (bicyclic) bond motifs is 1. The molecule has 0 amide bonds. The normalized spacial score (nSPS) is 10.1. The van der Waals surface area contributed by atoms with Crippen LogP contribution < -0.4 is 0 Å². The van der Waals surface area contributed by atoms with E-state index in [1.165, 1.54) is 7.11 Å². The highest BCUT2D eigenvalue weighted by molar-refractivity contribution is 6.05. The van der Waals surface area contributed by atoms with Gasteiger partial charge in [-0.25, -0.2) is 4.79 Å². The van der Waals surface area contributed by atoms with E-state index in [0.717, 1.165) is 17.1 Å². The van der Waals surface area contributed by atoms with E-state index < -0.39 is 0 Å². The van der Waals surface area contributed by atoms with Gasteiger partial charge in [0.05, 0.1) is 12.7 Å². The van der Waals surface area contributed by atoms with E-state index in [2.05, 4.69) is 0 Å². The van der Waals surface area contributed by atoms with E-state index >= 15 is 0 Å². The highest BCUT2D eigenvalue weighted by atomic mass is 16.5. The molecule has 0 spiro atoms. The summed E-state index contributed by atoms with van der Waals surface area (Å²) >= 11 is 0. The summed E-state index contributed by atoms with van der Waals surface area (Å²) in [5, 5.41) is 1.65. The summed E-state index contributed by atoms with van der Waals surface area (Å²) in [7, 11) is 1.35. The van der Waals surface area contributed by atoms with Crippen LogP contribution in [0.1, 0.15) is 20.7 Å². The van der Waals surface area contributed by atoms with Crippen LogP contribution in [0.2, 0.25) is 0 Å². The van der Waals surface area contributed by atoms with E-state index in [1.807, 2.05) is 6.07 Å². The Morgan fingerprint density at radius 3 is 2.75 bits per heavy atom. The fourth-order valence-electron chi connectivity index (χ4n) is 1.66. The zero-order valence-corrected chi connectivity index (χ0v) is 8.77. The smallest absolute Gasteiger partial charge is 0.338 e. The van der Waals surface area contributed by atoms with E-state index in [-0.39, 0.29) is 5.97 Å². The van der Waals surface area contributed by atoms with Crippen LogP contribution in [-0.2, 0) is 4.74 Å². The molecule has 16 heavy (non-hydrogen) atoms. The number of rotatable bonds is 2. The molecule has 0 N–H and O–H groups in total. The van der Waals surface area contributed by atoms with Gasteiger partial charge < -0.3 is 4.74 Å². The van der Waals surface area contributed by atoms with Gasteiger partial charge in [0.1, 0.15) is 6.29 Å². The van der Waals surface area contributed by atoms with Crippen LogP contribution in [0.25, 0.3) is 10.8 Å². The molecule has 2 aromatic carbocycles. The molecule has 80 valence electrons. The summed E-state index contributed by atoms with van der Waals surface area (Å²) in [5.74, 6) is -0.371. The number of benzene rings is 2. The van der Waals surface area contributed by atoms with E-state index in [0.29, 0.717) is 11.1 Å². The summed E-state index contributed by atoms with van der Waals surface area (Å²) in [6.07, 6.45) is 0.782. The second-order valence-corrected chi connectivity index (χ2v) is 3.40. The number of carbonyl (C=O) groups excluding carboxylic acids is 2. The van der Waals surface area contributed by atoms with Crippen LogP contribution in [0, 0.1) is 0 Å². The number of hydrogen-bond acceptors (Lipinski definition) is 3. The van der Waals surface area contributed by atoms with Crippen molar-refractivity contribution in [3.8, 4) is 0 Å². The maximum Gasteiger partial charge on any atom is 0.338 e. The molecular formula is C13H10O3. The first-order valence-electron chi connectivity index (χ1n) is 4.82. The van der Waals surface area contributed by atoms with Gasteiger partial charge in [-0.1, -0.05) is 24.3 Å². The van der Waals surface area contributed by atoms with E-state index in [9.17, 15) is 9.59 Å². The Hall–Kier alpha value is -2.16. The molecular weight excluding hydrogens is 204 g/mol. The molecule has 0 aliphatic carbocycles. The minimum Gasteiger partial charge on any atom is -0.465 e. The Kier molecular flexibility index (Phi) is 2.68. The minimum absolute atomic E-state index is 0.371. The first-order chi connectivity index (χ1) is 7.76. The van der Waals surface area contributed by atoms with Gasteiger partial charge in [-0.15, -0.1) is 0 Å². The zero-order valence-electron chi connectivity index (χ0n) is 8.77. The maximum absolute atomic E-state index is 11.5. The highest BCUT2D eigenvalue weighted by Crippen LogP contribution is 2.20. The van der Waals surface area contributed by atoms with Crippen molar-refractivity contribution in [1.82, 2.24) is 0 Å². The molecule has 2 rings (SSSR count). The second-order valence-electron chi connectivity index (χ2n) is 3.40. The van der Waals surface area contributed by atoms with Crippen LogP contribution in [-0.4, -0.2) is 19.4 Å². The highest BCUT2D eigenvalue weighted by Gasteiger charge is 2.09. The van der Waals surface area contributed by atoms with Crippen molar-refractivity contribution in [3.05, 3.63) is 47.5 Å². The maximum atomic E-state index is 11.5. The van der Waals surface area contributed by atoms with Crippen LogP contribution in [0.5, 0.6) is 0 Å². The third-order valence-electron chi connectivity index (χ3n) is 2.45. The van der Waals surface area contributed by atoms with Crippen molar-refractivity contribution in [3.63, 3.8) is 0 Å². The standard InChI is InChI=1S/C13H10O3/c1-16-13(15)12-4-2-3-10-7-9(8-14)5-6-11(10)12/h2-8H,1H3. The predicted molar refractivity (Wildman–Crippen MR) is 60.7 cm³/mol. The fraction of sp³-hybridized carbons (Fsp3) is 0.0769. The molecule has 0 aromatic heterocycles. The van der Waals surface area contributed by atoms with Gasteiger partial charge in [0.2, 0.25) is 0 Å². The third-order valence-corrected chi connectivity index (χ3v) is 2.45. The first-order valence-corrected chi connectivity index (χ1v) is 4.82. The Balaban J connectivity index is 2.69. The van der Waals surface area contributed by atoms with Crippen molar-refractivity contribution in [2.24, 2.45) is 0 Å². The molecule has 0 bridgehead atoms. The minimum atomic E-state index is -0.371. The summed E-state index contributed by atoms with van der Waals surface area (Å²) in [6, 6.07) is 10.5. The number of carbonyl (C=O) groups is 2. The molecule has 3 nitrogen and oxygen atoms in total. The zero-order chi connectivity index (χ0) is 11.5. The quantitative estimate of drug-likeness (QED) is 0.569. The second kappa shape index (κ2) is 4.14. The van der Waals surface area contributed by atoms with Crippen molar-refractivity contribution in [2.75, 3.05) is 7.11 Å². The van der Waals surface area contributed by atoms with Gasteiger partial charge in [0, 0.05) is 5.56 Å². The summed E-state index contributed by atoms with van der Waals surface area (Å²) in [6.45, 7) is 0. The molecule has 3 heteroatoms. The first kappa shape index (κ1) is 10.4. The van der Waals surface area contributed by atoms with Gasteiger partial charge in [0.15, 0.2) is 0 Å². The lowest BCUT2D eigenvalue weighted by molar-refractivity contribution is 0.0603. The average molecular weight is 214 g/mol. The monoisotopic (exact) mass is 214 g/mol. The van der Waals surface area contributed by atoms with E-state index in [1.54, 1.807) is 30.3 Å². The number of ether oxygens (including phenoxy) is 1. The van der Waals surface area contributed by atoms with Gasteiger partial charge in [-0.2, -0.15) is 0 Å².